The summed E-state index contributed by atoms with van der Waals surface area (Å²) in [5.41, 5.74) is 2.66. The molecule has 0 spiro atoms. The normalized spacial score (nSPS) is 11.3. The summed E-state index contributed by atoms with van der Waals surface area (Å²) >= 11 is 1.55. The van der Waals surface area contributed by atoms with E-state index in [2.05, 4.69) is 92.2 Å². The van der Waals surface area contributed by atoms with Crippen LogP contribution in [0.25, 0.3) is 32.6 Å². The maximum atomic E-state index is 2.99. The maximum Gasteiger partial charge on any atom is 0.00712 e. The fourth-order valence-corrected chi connectivity index (χ4v) is 3.23. The number of nitrogens with zero attached hydrogens (tertiary/aromatic N) is 1. The first kappa shape index (κ1) is 24.7. The van der Waals surface area contributed by atoms with E-state index in [1.165, 1.54) is 35.8 Å². The van der Waals surface area contributed by atoms with Gasteiger partial charge in [0.2, 0.25) is 0 Å². The van der Waals surface area contributed by atoms with Crippen molar-refractivity contribution in [1.29, 1.82) is 0 Å². The molecule has 1 aliphatic carbocycles. The molecule has 0 radical (unpaired) electrons. The van der Waals surface area contributed by atoms with Gasteiger partial charge in [0.1, 0.15) is 0 Å². The summed E-state index contributed by atoms with van der Waals surface area (Å²) in [6.07, 6.45) is 10.0. The monoisotopic (exact) mass is 485 g/mol. The van der Waals surface area contributed by atoms with Crippen molar-refractivity contribution in [3.63, 3.8) is 0 Å². The largest absolute Gasteiger partial charge is 1.00 e. The standard InChI is InChI=1S/C16H12N.C5H5.C3H6.2ClH.Zr/c1-17-15-9-5-4-8-13(15)14-10-11-6-2-3-7-12(11)16(14)17;1-2-4-5-3-1;1-3-2;;;/h2-10H,1H3;1-3H,4H2;1-2H3;2*1H;/q2*-1;;;;+2/p-2. The van der Waals surface area contributed by atoms with Crippen LogP contribution in [0.3, 0.4) is 0 Å². The van der Waals surface area contributed by atoms with Crippen molar-refractivity contribution < 1.29 is 49.0 Å². The van der Waals surface area contributed by atoms with Crippen LogP contribution in [0.15, 0.2) is 72.8 Å². The molecule has 1 aromatic heterocycles. The van der Waals surface area contributed by atoms with E-state index in [1.807, 2.05) is 12.2 Å². The smallest absolute Gasteiger partial charge is 0.00712 e. The van der Waals surface area contributed by atoms with E-state index < -0.39 is 0 Å². The molecule has 4 heteroatoms. The summed E-state index contributed by atoms with van der Waals surface area (Å²) in [6.45, 7) is 4.25. The van der Waals surface area contributed by atoms with Gasteiger partial charge in [-0.3, -0.25) is 6.08 Å². The molecule has 5 rings (SSSR count). The molecule has 1 aliphatic rings. The molecule has 3 aromatic carbocycles. The summed E-state index contributed by atoms with van der Waals surface area (Å²) in [4.78, 5) is 0. The third-order valence-corrected chi connectivity index (χ3v) is 4.25. The fourth-order valence-electron chi connectivity index (χ4n) is 3.23. The second-order valence-electron chi connectivity index (χ2n) is 6.57. The molecule has 0 saturated heterocycles. The summed E-state index contributed by atoms with van der Waals surface area (Å²) < 4.78 is 3.81. The van der Waals surface area contributed by atoms with Crippen molar-refractivity contribution in [1.82, 2.24) is 4.57 Å². The Labute approximate surface area is 194 Å². The van der Waals surface area contributed by atoms with Gasteiger partial charge in [0.05, 0.1) is 0 Å². The number of para-hydroxylation sites is 1. The van der Waals surface area contributed by atoms with Gasteiger partial charge in [0.15, 0.2) is 0 Å². The minimum absolute atomic E-state index is 0. The van der Waals surface area contributed by atoms with Crippen LogP contribution in [0.4, 0.5) is 0 Å². The van der Waals surface area contributed by atoms with Crippen LogP contribution in [0.2, 0.25) is 0 Å². The predicted molar refractivity (Wildman–Crippen MR) is 111 cm³/mol. The Kier molecular flexibility index (Phi) is 10.2. The number of allylic oxidation sites excluding steroid dienone is 4. The summed E-state index contributed by atoms with van der Waals surface area (Å²) in [5.74, 6) is 0. The molecule has 0 unspecified atom stereocenters. The fraction of sp³-hybridized carbons (Fsp3) is 0.167. The minimum atomic E-state index is 0. The van der Waals surface area contributed by atoms with Crippen molar-refractivity contribution in [2.24, 2.45) is 7.05 Å². The van der Waals surface area contributed by atoms with Crippen LogP contribution in [0.5, 0.6) is 0 Å². The molecule has 0 bridgehead atoms. The van der Waals surface area contributed by atoms with Gasteiger partial charge in [-0.05, 0) is 11.6 Å². The molecule has 0 saturated carbocycles. The van der Waals surface area contributed by atoms with Gasteiger partial charge in [-0.2, -0.15) is 6.08 Å². The number of rotatable bonds is 0. The average molecular weight is 488 g/mol. The number of fused-ring (bicyclic) bond motifs is 5. The van der Waals surface area contributed by atoms with E-state index in [9.17, 15) is 0 Å². The van der Waals surface area contributed by atoms with Crippen LogP contribution >= 0.6 is 0 Å². The van der Waals surface area contributed by atoms with E-state index in [0.29, 0.717) is 0 Å². The molecule has 0 fully saturated rings. The quantitative estimate of drug-likeness (QED) is 0.314. The zero-order valence-electron chi connectivity index (χ0n) is 16.3. The van der Waals surface area contributed by atoms with E-state index in [4.69, 9.17) is 0 Å². The first-order valence-corrected chi connectivity index (χ1v) is 10.1. The number of aromatic nitrogens is 1. The maximum absolute atomic E-state index is 2.99. The third kappa shape index (κ3) is 5.60. The van der Waals surface area contributed by atoms with Gasteiger partial charge in [0, 0.05) is 12.6 Å². The van der Waals surface area contributed by atoms with Crippen LogP contribution in [-0.2, 0) is 31.3 Å². The average Bonchev–Trinajstić information content (AvgIpc) is 3.35. The van der Waals surface area contributed by atoms with Crippen LogP contribution in [-0.4, -0.2) is 7.77 Å². The van der Waals surface area contributed by atoms with Crippen LogP contribution in [0, 0.1) is 6.08 Å². The molecule has 0 amide bonds. The molecule has 28 heavy (non-hydrogen) atoms. The first-order chi connectivity index (χ1) is 12.6. The van der Waals surface area contributed by atoms with E-state index in [0.717, 1.165) is 6.42 Å². The van der Waals surface area contributed by atoms with Gasteiger partial charge in [-0.25, -0.2) is 12.2 Å². The SMILES string of the molecule is C[C](C)=[Zr+2].Cn1c2ccccc2c2[cH-]c3ccccc3c21.[C-]1=CC=CC1.[Cl-].[Cl-]. The molecule has 144 valence electrons. The van der Waals surface area contributed by atoms with Crippen molar-refractivity contribution in [3.8, 4) is 0 Å². The molecule has 0 atom stereocenters. The Balaban J connectivity index is 0.000000302. The van der Waals surface area contributed by atoms with Gasteiger partial charge in [-0.15, -0.1) is 23.9 Å². The molecule has 0 N–H and O–H groups in total. The van der Waals surface area contributed by atoms with E-state index in [1.54, 1.807) is 24.2 Å². The Hall–Kier alpha value is -1.34. The number of halogens is 2. The molecule has 0 aliphatic heterocycles. The second kappa shape index (κ2) is 11.6. The molecule has 1 nitrogen and oxygen atoms in total. The van der Waals surface area contributed by atoms with E-state index >= 15 is 0 Å². The predicted octanol–water partition coefficient (Wildman–Crippen LogP) is 0.263. The Bertz CT molecular complexity index is 1100. The molecule has 1 heterocycles. The van der Waals surface area contributed by atoms with Crippen LogP contribution in [0.1, 0.15) is 20.3 Å². The third-order valence-electron chi connectivity index (χ3n) is 4.25. The minimum Gasteiger partial charge on any atom is -1.00 e. The number of hydrogen-bond donors (Lipinski definition) is 0. The number of aryl methyl sites for hydroxylation is 1. The number of benzene rings is 2. The van der Waals surface area contributed by atoms with Gasteiger partial charge >= 0.3 is 41.3 Å². The number of hydrogen-bond acceptors (Lipinski definition) is 0. The van der Waals surface area contributed by atoms with Gasteiger partial charge in [0.25, 0.3) is 0 Å². The molecular formula is C24H23Cl2NZr-2. The van der Waals surface area contributed by atoms with Crippen molar-refractivity contribution in [2.75, 3.05) is 0 Å². The molecule has 4 aromatic rings. The zero-order valence-corrected chi connectivity index (χ0v) is 20.3. The summed E-state index contributed by atoms with van der Waals surface area (Å²) in [6, 6.07) is 19.5. The Morgan fingerprint density at radius 3 is 2.18 bits per heavy atom. The van der Waals surface area contributed by atoms with Crippen molar-refractivity contribution in [2.45, 2.75) is 20.3 Å². The summed E-state index contributed by atoms with van der Waals surface area (Å²) in [5, 5.41) is 5.39. The first-order valence-electron chi connectivity index (χ1n) is 8.84. The molecular weight excluding hydrogens is 464 g/mol. The van der Waals surface area contributed by atoms with Gasteiger partial charge in [-0.1, -0.05) is 52.6 Å². The Morgan fingerprint density at radius 2 is 1.61 bits per heavy atom. The second-order valence-corrected chi connectivity index (χ2v) is 9.03. The van der Waals surface area contributed by atoms with Crippen molar-refractivity contribution in [3.05, 3.63) is 78.9 Å². The van der Waals surface area contributed by atoms with Crippen LogP contribution < -0.4 is 24.8 Å². The zero-order chi connectivity index (χ0) is 18.5. The van der Waals surface area contributed by atoms with Gasteiger partial charge < -0.3 is 29.4 Å². The summed E-state index contributed by atoms with van der Waals surface area (Å²) in [7, 11) is 2.15. The topological polar surface area (TPSA) is 4.93 Å². The van der Waals surface area contributed by atoms with E-state index in [-0.39, 0.29) is 24.8 Å². The Morgan fingerprint density at radius 1 is 1.00 bits per heavy atom. The van der Waals surface area contributed by atoms with Crippen molar-refractivity contribution >= 4 is 35.8 Å².